The Kier molecular flexibility index (Phi) is 24.1. The van der Waals surface area contributed by atoms with Gasteiger partial charge in [-0.1, -0.05) is 6.92 Å². The average Bonchev–Trinajstić information content (AvgIpc) is 3.12. The quantitative estimate of drug-likeness (QED) is 0.0426. The molecular weight excluding hydrogens is 784 g/mol. The summed E-state index contributed by atoms with van der Waals surface area (Å²) in [4.78, 5) is 127. The molecule has 0 aliphatic carbocycles. The molecule has 0 spiro atoms. The molecule has 0 saturated carbocycles. The molecule has 0 radical (unpaired) electrons. The standard InChI is InChI=1S/C36H60N8O15/c1-23(33(54)37-9-5-4-6-26(34(55)56)39-36(59)40-27(35(57)58)7-8-30(48)49)18-28(46)25(3)38-29(47)20-42-12-16-43(21-31(50)51)14-10-41(19-24(2)45)11-15-44(17-13-42)22-32(52)53/h23,25-27H,4-22H2,1-3H3,(H,37,54)(H,38,47)(H,48,49)(H,50,51)(H,52,53)(H,55,56)(H,57,58)(H2,39,40,59)/t23-,25+,26-,27-/m0/s1. The van der Waals surface area contributed by atoms with Crippen molar-refractivity contribution >= 4 is 59.3 Å². The molecule has 1 saturated heterocycles. The van der Waals surface area contributed by atoms with Crippen LogP contribution in [-0.4, -0.2) is 208 Å². The SMILES string of the molecule is CC(=O)CN1CCN(CC(=O)O)CCN(CC(=O)N[C@H](C)C(=O)C[C@H](C)C(=O)NCCCC[C@H](NC(=O)N[C@@H](CCC(=O)O)C(=O)O)C(=O)O)CCN(CC(=O)O)CC1. The van der Waals surface area contributed by atoms with Crippen molar-refractivity contribution in [3.63, 3.8) is 0 Å². The molecule has 23 nitrogen and oxygen atoms in total. The van der Waals surface area contributed by atoms with Gasteiger partial charge >= 0.3 is 35.9 Å². The molecule has 0 aromatic carbocycles. The van der Waals surface area contributed by atoms with Gasteiger partial charge in [-0.15, -0.1) is 0 Å². The van der Waals surface area contributed by atoms with E-state index < -0.39 is 90.4 Å². The number of carbonyl (C=O) groups excluding carboxylic acids is 5. The number of Topliss-reactive ketones (excluding diaryl/α,β-unsaturated/α-hetero) is 2. The molecule has 334 valence electrons. The van der Waals surface area contributed by atoms with Gasteiger partial charge in [-0.2, -0.15) is 0 Å². The zero-order valence-corrected chi connectivity index (χ0v) is 33.9. The van der Waals surface area contributed by atoms with Crippen LogP contribution in [0.25, 0.3) is 0 Å². The Morgan fingerprint density at radius 2 is 1.00 bits per heavy atom. The van der Waals surface area contributed by atoms with Crippen LogP contribution >= 0.6 is 0 Å². The van der Waals surface area contributed by atoms with Crippen LogP contribution in [-0.2, 0) is 43.2 Å². The highest BCUT2D eigenvalue weighted by Crippen LogP contribution is 2.08. The summed E-state index contributed by atoms with van der Waals surface area (Å²) >= 11 is 0. The number of nitrogens with one attached hydrogen (secondary N) is 4. The highest BCUT2D eigenvalue weighted by atomic mass is 16.4. The molecule has 1 fully saturated rings. The Bertz CT molecular complexity index is 1450. The number of urea groups is 1. The number of amides is 4. The molecule has 0 aromatic heterocycles. The third-order valence-electron chi connectivity index (χ3n) is 9.35. The first-order chi connectivity index (χ1) is 27.7. The minimum absolute atomic E-state index is 0.0731. The fourth-order valence-corrected chi connectivity index (χ4v) is 6.05. The topological polar surface area (TPSA) is 333 Å². The number of unbranched alkanes of at least 4 members (excludes halogenated alkanes) is 1. The second-order valence-electron chi connectivity index (χ2n) is 14.6. The van der Waals surface area contributed by atoms with E-state index in [0.29, 0.717) is 32.6 Å². The van der Waals surface area contributed by atoms with Gasteiger partial charge in [-0.3, -0.25) is 53.2 Å². The molecule has 59 heavy (non-hydrogen) atoms. The Labute approximate surface area is 341 Å². The lowest BCUT2D eigenvalue weighted by atomic mass is 10.00. The van der Waals surface area contributed by atoms with E-state index in [0.717, 1.165) is 0 Å². The summed E-state index contributed by atoms with van der Waals surface area (Å²) in [6, 6.07) is -5.01. The lowest BCUT2D eigenvalue weighted by Crippen LogP contribution is -2.51. The van der Waals surface area contributed by atoms with Gasteiger partial charge in [0.2, 0.25) is 11.8 Å². The first-order valence-corrected chi connectivity index (χ1v) is 19.3. The van der Waals surface area contributed by atoms with Gasteiger partial charge in [-0.25, -0.2) is 14.4 Å². The van der Waals surface area contributed by atoms with Crippen molar-refractivity contribution in [1.82, 2.24) is 40.9 Å². The lowest BCUT2D eigenvalue weighted by Gasteiger charge is -2.33. The Balaban J connectivity index is 2.68. The van der Waals surface area contributed by atoms with E-state index in [-0.39, 0.29) is 83.9 Å². The number of nitrogens with zero attached hydrogens (tertiary/aromatic N) is 4. The fraction of sp³-hybridized carbons (Fsp3) is 0.722. The summed E-state index contributed by atoms with van der Waals surface area (Å²) in [6.45, 7) is 6.36. The number of carboxylic acid groups (broad SMARTS) is 5. The Morgan fingerprint density at radius 3 is 1.42 bits per heavy atom. The summed E-state index contributed by atoms with van der Waals surface area (Å²) in [6.07, 6.45) is -0.711. The number of ketones is 2. The second-order valence-corrected chi connectivity index (χ2v) is 14.6. The average molecular weight is 845 g/mol. The Hall–Kier alpha value is -5.26. The van der Waals surface area contributed by atoms with Crippen LogP contribution in [0.2, 0.25) is 0 Å². The van der Waals surface area contributed by atoms with Gasteiger partial charge in [0.15, 0.2) is 5.78 Å². The first-order valence-electron chi connectivity index (χ1n) is 19.3. The third kappa shape index (κ3) is 23.7. The minimum Gasteiger partial charge on any atom is -0.481 e. The second kappa shape index (κ2) is 27.4. The molecule has 1 aliphatic rings. The molecule has 4 atom stereocenters. The fourth-order valence-electron chi connectivity index (χ4n) is 6.05. The molecule has 1 heterocycles. The zero-order valence-electron chi connectivity index (χ0n) is 33.9. The van der Waals surface area contributed by atoms with Gasteiger partial charge in [-0.05, 0) is 39.5 Å². The summed E-state index contributed by atoms with van der Waals surface area (Å²) in [5, 5.41) is 55.8. The summed E-state index contributed by atoms with van der Waals surface area (Å²) in [7, 11) is 0. The smallest absolute Gasteiger partial charge is 0.326 e. The summed E-state index contributed by atoms with van der Waals surface area (Å²) < 4.78 is 0. The van der Waals surface area contributed by atoms with Crippen molar-refractivity contribution in [3.8, 4) is 0 Å². The zero-order chi connectivity index (χ0) is 44.7. The van der Waals surface area contributed by atoms with Crippen LogP contribution in [0, 0.1) is 5.92 Å². The largest absolute Gasteiger partial charge is 0.481 e. The van der Waals surface area contributed by atoms with Crippen molar-refractivity contribution in [2.24, 2.45) is 5.92 Å². The van der Waals surface area contributed by atoms with Crippen LogP contribution in [0.5, 0.6) is 0 Å². The van der Waals surface area contributed by atoms with Crippen molar-refractivity contribution in [3.05, 3.63) is 0 Å². The molecule has 9 N–H and O–H groups in total. The molecule has 4 amide bonds. The van der Waals surface area contributed by atoms with E-state index in [1.165, 1.54) is 20.8 Å². The van der Waals surface area contributed by atoms with Crippen molar-refractivity contribution in [2.45, 2.75) is 77.4 Å². The monoisotopic (exact) mass is 844 g/mol. The number of rotatable bonds is 25. The maximum absolute atomic E-state index is 13.1. The van der Waals surface area contributed by atoms with Crippen LogP contribution in [0.15, 0.2) is 0 Å². The van der Waals surface area contributed by atoms with E-state index in [4.69, 9.17) is 5.11 Å². The van der Waals surface area contributed by atoms with Crippen LogP contribution in [0.4, 0.5) is 4.79 Å². The minimum atomic E-state index is -1.55. The van der Waals surface area contributed by atoms with Crippen LogP contribution < -0.4 is 21.3 Å². The molecule has 0 aromatic rings. The predicted octanol–water partition coefficient (Wildman–Crippen LogP) is -2.58. The van der Waals surface area contributed by atoms with E-state index in [9.17, 15) is 68.4 Å². The molecule has 1 rings (SSSR count). The molecule has 0 bridgehead atoms. The molecule has 1 aliphatic heterocycles. The summed E-state index contributed by atoms with van der Waals surface area (Å²) in [5.41, 5.74) is 0. The normalized spacial score (nSPS) is 17.1. The maximum atomic E-state index is 13.1. The van der Waals surface area contributed by atoms with E-state index in [1.807, 2.05) is 10.2 Å². The van der Waals surface area contributed by atoms with Gasteiger partial charge in [0.25, 0.3) is 0 Å². The van der Waals surface area contributed by atoms with Gasteiger partial charge < -0.3 is 46.8 Å². The number of hydrogen-bond acceptors (Lipinski definition) is 14. The number of aliphatic carboxylic acids is 5. The number of hydrogen-bond donors (Lipinski definition) is 9. The highest BCUT2D eigenvalue weighted by Gasteiger charge is 2.27. The maximum Gasteiger partial charge on any atom is 0.326 e. The van der Waals surface area contributed by atoms with Crippen LogP contribution in [0.3, 0.4) is 0 Å². The van der Waals surface area contributed by atoms with Gasteiger partial charge in [0.1, 0.15) is 17.9 Å². The lowest BCUT2D eigenvalue weighted by molar-refractivity contribution is -0.141. The molecule has 23 heteroatoms. The van der Waals surface area contributed by atoms with E-state index >= 15 is 0 Å². The van der Waals surface area contributed by atoms with Crippen molar-refractivity contribution in [2.75, 3.05) is 85.1 Å². The van der Waals surface area contributed by atoms with Crippen molar-refractivity contribution < 1.29 is 73.5 Å². The highest BCUT2D eigenvalue weighted by molar-refractivity contribution is 5.92. The molecule has 0 unspecified atom stereocenters. The van der Waals surface area contributed by atoms with Gasteiger partial charge in [0.05, 0.1) is 32.2 Å². The van der Waals surface area contributed by atoms with E-state index in [2.05, 4.69) is 16.0 Å². The van der Waals surface area contributed by atoms with Crippen LogP contribution in [0.1, 0.15) is 59.3 Å². The molecular formula is C36H60N8O15. The number of carbonyl (C=O) groups is 10. The number of carboxylic acids is 5. The third-order valence-corrected chi connectivity index (χ3v) is 9.35. The predicted molar refractivity (Wildman–Crippen MR) is 206 cm³/mol. The van der Waals surface area contributed by atoms with E-state index in [1.54, 1.807) is 14.7 Å². The first kappa shape index (κ1) is 51.8. The Morgan fingerprint density at radius 1 is 0.559 bits per heavy atom. The van der Waals surface area contributed by atoms with Gasteiger partial charge in [0, 0.05) is 77.7 Å². The van der Waals surface area contributed by atoms with Crippen molar-refractivity contribution in [1.29, 1.82) is 0 Å². The summed E-state index contributed by atoms with van der Waals surface area (Å²) in [5.74, 6) is -8.51.